The van der Waals surface area contributed by atoms with E-state index in [1.807, 2.05) is 0 Å². The molecule has 0 aliphatic rings. The van der Waals surface area contributed by atoms with Crippen molar-refractivity contribution in [3.05, 3.63) is 35.1 Å². The Bertz CT molecular complexity index is 382. The Morgan fingerprint density at radius 1 is 1.17 bits per heavy atom. The Kier molecular flexibility index (Phi) is 6.59. The first-order valence-electron chi connectivity index (χ1n) is 5.18. The lowest BCUT2D eigenvalue weighted by Gasteiger charge is -2.14. The van der Waals surface area contributed by atoms with Crippen LogP contribution in [0, 0.1) is 5.82 Å². The summed E-state index contributed by atoms with van der Waals surface area (Å²) in [5, 5.41) is 0. The Morgan fingerprint density at radius 3 is 2.28 bits per heavy atom. The molecule has 0 bridgehead atoms. The van der Waals surface area contributed by atoms with Crippen LogP contribution in [0.5, 0.6) is 0 Å². The number of benzene rings is 1. The summed E-state index contributed by atoms with van der Waals surface area (Å²) in [6, 6.07) is 1.73. The van der Waals surface area contributed by atoms with Gasteiger partial charge in [0.05, 0.1) is 5.56 Å². The van der Waals surface area contributed by atoms with Crippen LogP contribution in [-0.2, 0) is 6.18 Å². The van der Waals surface area contributed by atoms with Crippen LogP contribution in [0.15, 0.2) is 18.2 Å². The summed E-state index contributed by atoms with van der Waals surface area (Å²) in [4.78, 5) is 0. The van der Waals surface area contributed by atoms with Crippen molar-refractivity contribution in [1.29, 1.82) is 0 Å². The van der Waals surface area contributed by atoms with E-state index in [-0.39, 0.29) is 18.0 Å². The maximum atomic E-state index is 13.1. The van der Waals surface area contributed by atoms with Gasteiger partial charge in [0, 0.05) is 6.04 Å². The van der Waals surface area contributed by atoms with E-state index < -0.39 is 23.6 Å². The minimum atomic E-state index is -4.57. The average molecular weight is 287 g/mol. The highest BCUT2D eigenvalue weighted by atomic mass is 35.5. The monoisotopic (exact) mass is 286 g/mol. The molecule has 104 valence electrons. The fraction of sp³-hybridized carbons (Fsp3) is 0.455. The number of halogens is 5. The summed E-state index contributed by atoms with van der Waals surface area (Å²) >= 11 is 0. The van der Waals surface area contributed by atoms with Crippen LogP contribution in [0.2, 0.25) is 0 Å². The van der Waals surface area contributed by atoms with Crippen LogP contribution in [0.1, 0.15) is 30.0 Å². The van der Waals surface area contributed by atoms with E-state index in [1.54, 1.807) is 0 Å². The molecule has 18 heavy (non-hydrogen) atoms. The molecule has 1 aromatic carbocycles. The van der Waals surface area contributed by atoms with Crippen molar-refractivity contribution in [3.63, 3.8) is 0 Å². The quantitative estimate of drug-likeness (QED) is 0.836. The van der Waals surface area contributed by atoms with E-state index in [0.29, 0.717) is 25.5 Å². The third-order valence-electron chi connectivity index (χ3n) is 2.39. The molecule has 0 fully saturated rings. The summed E-state index contributed by atoms with van der Waals surface area (Å²) in [7, 11) is 0. The van der Waals surface area contributed by atoms with Gasteiger partial charge in [-0.25, -0.2) is 4.39 Å². The molecule has 2 nitrogen and oxygen atoms in total. The first-order valence-corrected chi connectivity index (χ1v) is 5.18. The van der Waals surface area contributed by atoms with Crippen molar-refractivity contribution in [2.75, 3.05) is 6.54 Å². The molecule has 0 saturated carbocycles. The second-order valence-corrected chi connectivity index (χ2v) is 3.81. The van der Waals surface area contributed by atoms with E-state index >= 15 is 0 Å². The summed E-state index contributed by atoms with van der Waals surface area (Å²) < 4.78 is 50.4. The lowest BCUT2D eigenvalue weighted by atomic mass is 10.0. The van der Waals surface area contributed by atoms with Gasteiger partial charge in [-0.2, -0.15) is 13.2 Å². The van der Waals surface area contributed by atoms with Gasteiger partial charge in [-0.1, -0.05) is 0 Å². The molecule has 0 amide bonds. The van der Waals surface area contributed by atoms with Gasteiger partial charge in [0.1, 0.15) is 5.82 Å². The first kappa shape index (κ1) is 17.2. The molecule has 0 aliphatic heterocycles. The molecule has 0 heterocycles. The Balaban J connectivity index is 0.00000289. The maximum Gasteiger partial charge on any atom is 0.416 e. The lowest BCUT2D eigenvalue weighted by Crippen LogP contribution is -2.14. The molecule has 0 saturated heterocycles. The molecule has 4 N–H and O–H groups in total. The Hall–Kier alpha value is -0.850. The van der Waals surface area contributed by atoms with Crippen LogP contribution < -0.4 is 11.5 Å². The highest BCUT2D eigenvalue weighted by Crippen LogP contribution is 2.31. The van der Waals surface area contributed by atoms with E-state index in [9.17, 15) is 17.6 Å². The standard InChI is InChI=1S/C11H14F4N2.ClH/c12-9-5-7(10(17)2-1-3-16)4-8(6-9)11(13,14)15;/h4-6,10H,1-3,16-17H2;1H/t10-;/m1./s1. The Labute approximate surface area is 109 Å². The van der Waals surface area contributed by atoms with Crippen molar-refractivity contribution in [1.82, 2.24) is 0 Å². The molecule has 0 spiro atoms. The van der Waals surface area contributed by atoms with E-state index in [2.05, 4.69) is 0 Å². The van der Waals surface area contributed by atoms with Gasteiger partial charge in [-0.3, -0.25) is 0 Å². The molecule has 1 rings (SSSR count). The highest BCUT2D eigenvalue weighted by Gasteiger charge is 2.31. The Morgan fingerprint density at radius 2 is 1.78 bits per heavy atom. The zero-order valence-corrected chi connectivity index (χ0v) is 10.3. The molecule has 0 unspecified atom stereocenters. The normalized spacial score (nSPS) is 13.0. The topological polar surface area (TPSA) is 52.0 Å². The number of alkyl halides is 3. The molecule has 7 heteroatoms. The first-order chi connectivity index (χ1) is 7.84. The maximum absolute atomic E-state index is 13.1. The molecule has 0 aromatic heterocycles. The number of rotatable bonds is 4. The molecule has 0 aliphatic carbocycles. The van der Waals surface area contributed by atoms with Crippen LogP contribution in [0.25, 0.3) is 0 Å². The smallest absolute Gasteiger partial charge is 0.330 e. The number of nitrogens with two attached hydrogens (primary N) is 2. The van der Waals surface area contributed by atoms with Crippen LogP contribution in [-0.4, -0.2) is 6.54 Å². The minimum absolute atomic E-state index is 0. The van der Waals surface area contributed by atoms with Crippen molar-refractivity contribution in [3.8, 4) is 0 Å². The lowest BCUT2D eigenvalue weighted by molar-refractivity contribution is -0.137. The zero-order valence-electron chi connectivity index (χ0n) is 9.51. The van der Waals surface area contributed by atoms with Crippen LogP contribution in [0.4, 0.5) is 17.6 Å². The van der Waals surface area contributed by atoms with Gasteiger partial charge in [-0.05, 0) is 43.1 Å². The number of hydrogen-bond donors (Lipinski definition) is 2. The van der Waals surface area contributed by atoms with E-state index in [4.69, 9.17) is 11.5 Å². The van der Waals surface area contributed by atoms with Gasteiger partial charge in [0.25, 0.3) is 0 Å². The summed E-state index contributed by atoms with van der Waals surface area (Å²) in [5.41, 5.74) is 10.1. The van der Waals surface area contributed by atoms with Gasteiger partial charge in [0.2, 0.25) is 0 Å². The summed E-state index contributed by atoms with van der Waals surface area (Å²) in [5.74, 6) is -0.932. The van der Waals surface area contributed by atoms with Gasteiger partial charge in [-0.15, -0.1) is 12.4 Å². The summed E-state index contributed by atoms with van der Waals surface area (Å²) in [6.45, 7) is 0.398. The molecule has 1 atom stereocenters. The van der Waals surface area contributed by atoms with Crippen LogP contribution >= 0.6 is 12.4 Å². The highest BCUT2D eigenvalue weighted by molar-refractivity contribution is 5.85. The second-order valence-electron chi connectivity index (χ2n) is 3.81. The number of hydrogen-bond acceptors (Lipinski definition) is 2. The molecule has 0 radical (unpaired) electrons. The van der Waals surface area contributed by atoms with Crippen molar-refractivity contribution >= 4 is 12.4 Å². The van der Waals surface area contributed by atoms with Crippen molar-refractivity contribution in [2.45, 2.75) is 25.1 Å². The van der Waals surface area contributed by atoms with Gasteiger partial charge < -0.3 is 11.5 Å². The molecular formula is C11H15ClF4N2. The van der Waals surface area contributed by atoms with Gasteiger partial charge in [0.15, 0.2) is 0 Å². The SMILES string of the molecule is Cl.NCCC[C@@H](N)c1cc(F)cc(C(F)(F)F)c1. The van der Waals surface area contributed by atoms with Crippen LogP contribution in [0.3, 0.4) is 0 Å². The third kappa shape index (κ3) is 4.80. The second kappa shape index (κ2) is 6.92. The third-order valence-corrected chi connectivity index (χ3v) is 2.39. The zero-order chi connectivity index (χ0) is 13.1. The summed E-state index contributed by atoms with van der Waals surface area (Å²) in [6.07, 6.45) is -3.55. The predicted octanol–water partition coefficient (Wildman–Crippen LogP) is 3.01. The predicted molar refractivity (Wildman–Crippen MR) is 63.9 cm³/mol. The van der Waals surface area contributed by atoms with Crippen molar-refractivity contribution in [2.24, 2.45) is 11.5 Å². The fourth-order valence-electron chi connectivity index (χ4n) is 1.49. The van der Waals surface area contributed by atoms with E-state index in [1.165, 1.54) is 0 Å². The van der Waals surface area contributed by atoms with Crippen molar-refractivity contribution < 1.29 is 17.6 Å². The average Bonchev–Trinajstić information content (AvgIpc) is 2.23. The largest absolute Gasteiger partial charge is 0.416 e. The fourth-order valence-corrected chi connectivity index (χ4v) is 1.49. The molecular weight excluding hydrogens is 272 g/mol. The van der Waals surface area contributed by atoms with Gasteiger partial charge >= 0.3 is 6.18 Å². The molecule has 1 aromatic rings. The minimum Gasteiger partial charge on any atom is -0.330 e. The van der Waals surface area contributed by atoms with E-state index in [0.717, 1.165) is 12.1 Å².